The zero-order valence-corrected chi connectivity index (χ0v) is 11.3. The van der Waals surface area contributed by atoms with Gasteiger partial charge in [-0.25, -0.2) is 12.8 Å². The summed E-state index contributed by atoms with van der Waals surface area (Å²) in [5.74, 6) is 0.290. The predicted molar refractivity (Wildman–Crippen MR) is 68.6 cm³/mol. The molecular formula is C12H16ClFO2S. The van der Waals surface area contributed by atoms with E-state index in [0.717, 1.165) is 5.56 Å². The van der Waals surface area contributed by atoms with Crippen LogP contribution in [-0.4, -0.2) is 26.3 Å². The van der Waals surface area contributed by atoms with Crippen molar-refractivity contribution in [2.24, 2.45) is 5.92 Å². The van der Waals surface area contributed by atoms with Gasteiger partial charge in [-0.1, -0.05) is 12.1 Å². The molecule has 0 saturated heterocycles. The second-order valence-electron chi connectivity index (χ2n) is 4.27. The van der Waals surface area contributed by atoms with Gasteiger partial charge in [0.1, 0.15) is 15.7 Å². The largest absolute Gasteiger partial charge is 0.229 e. The lowest BCUT2D eigenvalue weighted by atomic mass is 9.99. The SMILES string of the molecule is CS(=O)(=O)CCC(CCl)Cc1cccc(F)c1. The van der Waals surface area contributed by atoms with Crippen molar-refractivity contribution in [1.29, 1.82) is 0 Å². The first kappa shape index (κ1) is 14.5. The molecule has 2 nitrogen and oxygen atoms in total. The quantitative estimate of drug-likeness (QED) is 0.750. The minimum absolute atomic E-state index is 0.0631. The van der Waals surface area contributed by atoms with Crippen LogP contribution < -0.4 is 0 Å². The van der Waals surface area contributed by atoms with Crippen LogP contribution in [0.2, 0.25) is 0 Å². The van der Waals surface area contributed by atoms with E-state index in [4.69, 9.17) is 11.6 Å². The summed E-state index contributed by atoms with van der Waals surface area (Å²) >= 11 is 5.80. The lowest BCUT2D eigenvalue weighted by Gasteiger charge is -2.13. The Balaban J connectivity index is 2.58. The van der Waals surface area contributed by atoms with Crippen LogP contribution in [0.4, 0.5) is 4.39 Å². The fourth-order valence-electron chi connectivity index (χ4n) is 1.61. The number of rotatable bonds is 6. The second kappa shape index (κ2) is 6.36. The van der Waals surface area contributed by atoms with Crippen LogP contribution in [0, 0.1) is 11.7 Å². The highest BCUT2D eigenvalue weighted by molar-refractivity contribution is 7.90. The van der Waals surface area contributed by atoms with Crippen molar-refractivity contribution in [3.8, 4) is 0 Å². The number of halogens is 2. The molecule has 0 aliphatic heterocycles. The zero-order valence-electron chi connectivity index (χ0n) is 9.70. The van der Waals surface area contributed by atoms with E-state index in [1.807, 2.05) is 6.07 Å². The van der Waals surface area contributed by atoms with E-state index in [0.29, 0.717) is 18.7 Å². The first-order chi connectivity index (χ1) is 7.90. The number of sulfone groups is 1. The Morgan fingerprint density at radius 1 is 1.41 bits per heavy atom. The highest BCUT2D eigenvalue weighted by Crippen LogP contribution is 2.15. The minimum atomic E-state index is -2.96. The van der Waals surface area contributed by atoms with E-state index in [2.05, 4.69) is 0 Å². The first-order valence-electron chi connectivity index (χ1n) is 5.39. The van der Waals surface area contributed by atoms with Crippen LogP contribution >= 0.6 is 11.6 Å². The van der Waals surface area contributed by atoms with Crippen LogP contribution in [0.1, 0.15) is 12.0 Å². The van der Waals surface area contributed by atoms with E-state index < -0.39 is 9.84 Å². The van der Waals surface area contributed by atoms with Crippen molar-refractivity contribution in [2.45, 2.75) is 12.8 Å². The molecule has 1 unspecified atom stereocenters. The Labute approximate surface area is 107 Å². The summed E-state index contributed by atoms with van der Waals surface area (Å²) in [6.07, 6.45) is 2.33. The third-order valence-corrected chi connectivity index (χ3v) is 3.94. The smallest absolute Gasteiger partial charge is 0.147 e. The van der Waals surface area contributed by atoms with Gasteiger partial charge in [-0.2, -0.15) is 0 Å². The first-order valence-corrected chi connectivity index (χ1v) is 7.98. The van der Waals surface area contributed by atoms with E-state index in [1.54, 1.807) is 6.07 Å². The molecule has 1 atom stereocenters. The van der Waals surface area contributed by atoms with Crippen molar-refractivity contribution in [3.63, 3.8) is 0 Å². The van der Waals surface area contributed by atoms with E-state index in [1.165, 1.54) is 18.4 Å². The summed E-state index contributed by atoms with van der Waals surface area (Å²) < 4.78 is 35.1. The van der Waals surface area contributed by atoms with Crippen LogP contribution in [-0.2, 0) is 16.3 Å². The molecule has 0 spiro atoms. The van der Waals surface area contributed by atoms with Crippen LogP contribution in [0.5, 0.6) is 0 Å². The number of hydrogen-bond acceptors (Lipinski definition) is 2. The van der Waals surface area contributed by atoms with Gasteiger partial charge in [-0.3, -0.25) is 0 Å². The summed E-state index contributed by atoms with van der Waals surface area (Å²) in [7, 11) is -2.96. The Kier molecular flexibility index (Phi) is 5.40. The molecule has 0 radical (unpaired) electrons. The normalized spacial score (nSPS) is 13.6. The van der Waals surface area contributed by atoms with Crippen LogP contribution in [0.25, 0.3) is 0 Å². The summed E-state index contributed by atoms with van der Waals surface area (Å²) in [6.45, 7) is 0. The monoisotopic (exact) mass is 278 g/mol. The molecule has 0 saturated carbocycles. The highest BCUT2D eigenvalue weighted by atomic mass is 35.5. The van der Waals surface area contributed by atoms with Gasteiger partial charge in [0.25, 0.3) is 0 Å². The van der Waals surface area contributed by atoms with Crippen molar-refractivity contribution in [2.75, 3.05) is 17.9 Å². The van der Waals surface area contributed by atoms with Crippen LogP contribution in [0.15, 0.2) is 24.3 Å². The number of alkyl halides is 1. The average Bonchev–Trinajstić information content (AvgIpc) is 2.23. The molecule has 17 heavy (non-hydrogen) atoms. The Morgan fingerprint density at radius 2 is 2.12 bits per heavy atom. The molecule has 0 N–H and O–H groups in total. The molecule has 0 aliphatic rings. The van der Waals surface area contributed by atoms with Gasteiger partial charge in [0, 0.05) is 12.1 Å². The number of benzene rings is 1. The average molecular weight is 279 g/mol. The fraction of sp³-hybridized carbons (Fsp3) is 0.500. The third kappa shape index (κ3) is 6.03. The topological polar surface area (TPSA) is 34.1 Å². The van der Waals surface area contributed by atoms with Gasteiger partial charge in [0.15, 0.2) is 0 Å². The summed E-state index contributed by atoms with van der Waals surface area (Å²) in [6, 6.07) is 6.31. The summed E-state index contributed by atoms with van der Waals surface area (Å²) in [5.41, 5.74) is 0.851. The molecular weight excluding hydrogens is 263 g/mol. The molecule has 1 aromatic carbocycles. The van der Waals surface area contributed by atoms with Gasteiger partial charge in [-0.15, -0.1) is 11.6 Å². The maximum Gasteiger partial charge on any atom is 0.147 e. The minimum Gasteiger partial charge on any atom is -0.229 e. The van der Waals surface area contributed by atoms with Gasteiger partial charge in [-0.05, 0) is 36.5 Å². The Bertz CT molecular complexity index is 459. The molecule has 0 amide bonds. The molecule has 0 bridgehead atoms. The van der Waals surface area contributed by atoms with Crippen molar-refractivity contribution in [3.05, 3.63) is 35.6 Å². The van der Waals surface area contributed by atoms with Gasteiger partial charge < -0.3 is 0 Å². The van der Waals surface area contributed by atoms with Gasteiger partial charge >= 0.3 is 0 Å². The molecule has 1 rings (SSSR count). The van der Waals surface area contributed by atoms with Crippen molar-refractivity contribution >= 4 is 21.4 Å². The Hall–Kier alpha value is -0.610. The molecule has 0 heterocycles. The van der Waals surface area contributed by atoms with Crippen molar-refractivity contribution in [1.82, 2.24) is 0 Å². The lowest BCUT2D eigenvalue weighted by molar-refractivity contribution is 0.547. The predicted octanol–water partition coefficient (Wildman–Crippen LogP) is 2.66. The molecule has 0 aromatic heterocycles. The molecule has 0 aliphatic carbocycles. The van der Waals surface area contributed by atoms with E-state index in [9.17, 15) is 12.8 Å². The molecule has 96 valence electrons. The zero-order chi connectivity index (χ0) is 12.9. The Morgan fingerprint density at radius 3 is 2.65 bits per heavy atom. The third-order valence-electron chi connectivity index (χ3n) is 2.53. The standard InChI is InChI=1S/C12H16ClFO2S/c1-17(15,16)6-5-11(9-13)7-10-3-2-4-12(14)8-10/h2-4,8,11H,5-7,9H2,1H3. The maximum absolute atomic E-state index is 13.0. The maximum atomic E-state index is 13.0. The lowest BCUT2D eigenvalue weighted by Crippen LogP contribution is -2.13. The highest BCUT2D eigenvalue weighted by Gasteiger charge is 2.12. The van der Waals surface area contributed by atoms with E-state index in [-0.39, 0.29) is 17.5 Å². The van der Waals surface area contributed by atoms with Crippen LogP contribution in [0.3, 0.4) is 0 Å². The van der Waals surface area contributed by atoms with Gasteiger partial charge in [0.2, 0.25) is 0 Å². The second-order valence-corrected chi connectivity index (χ2v) is 6.84. The molecule has 0 fully saturated rings. The van der Waals surface area contributed by atoms with Crippen molar-refractivity contribution < 1.29 is 12.8 Å². The summed E-state index contributed by atoms with van der Waals surface area (Å²) in [4.78, 5) is 0. The van der Waals surface area contributed by atoms with E-state index >= 15 is 0 Å². The fourth-order valence-corrected chi connectivity index (χ4v) is 2.64. The molecule has 1 aromatic rings. The molecule has 5 heteroatoms. The summed E-state index contributed by atoms with van der Waals surface area (Å²) in [5, 5.41) is 0. The number of hydrogen-bond donors (Lipinski definition) is 0. The van der Waals surface area contributed by atoms with Gasteiger partial charge in [0.05, 0.1) is 5.75 Å².